The van der Waals surface area contributed by atoms with E-state index in [9.17, 15) is 9.59 Å². The standard InChI is InChI=1S/C17H13N3O4S/c1-9(21)18-11-3-4-12-15(7-11)25-17(19-12)20-16(22)10-2-5-13-14(6-10)24-8-23-13/h2-7H,8H2,1H3,(H,18,21)(H,19,20,22). The minimum atomic E-state index is -0.278. The van der Waals surface area contributed by atoms with E-state index in [2.05, 4.69) is 15.6 Å². The number of thiazole rings is 1. The van der Waals surface area contributed by atoms with Crippen LogP contribution in [0.1, 0.15) is 17.3 Å². The Morgan fingerprint density at radius 1 is 1.08 bits per heavy atom. The third-order valence-corrected chi connectivity index (χ3v) is 4.50. The van der Waals surface area contributed by atoms with Crippen LogP contribution in [0.2, 0.25) is 0 Å². The maximum atomic E-state index is 12.4. The molecule has 2 amide bonds. The molecule has 25 heavy (non-hydrogen) atoms. The van der Waals surface area contributed by atoms with Crippen molar-refractivity contribution in [3.05, 3.63) is 42.0 Å². The number of ether oxygens (including phenoxy) is 2. The monoisotopic (exact) mass is 355 g/mol. The number of hydrogen-bond donors (Lipinski definition) is 2. The van der Waals surface area contributed by atoms with Crippen molar-refractivity contribution in [2.75, 3.05) is 17.4 Å². The number of aromatic nitrogens is 1. The Morgan fingerprint density at radius 2 is 1.92 bits per heavy atom. The van der Waals surface area contributed by atoms with Crippen molar-refractivity contribution in [3.8, 4) is 11.5 Å². The van der Waals surface area contributed by atoms with Gasteiger partial charge in [-0.1, -0.05) is 11.3 Å². The van der Waals surface area contributed by atoms with Crippen molar-refractivity contribution in [2.45, 2.75) is 6.92 Å². The largest absolute Gasteiger partial charge is 0.454 e. The van der Waals surface area contributed by atoms with Gasteiger partial charge < -0.3 is 14.8 Å². The number of fused-ring (bicyclic) bond motifs is 2. The van der Waals surface area contributed by atoms with Crippen molar-refractivity contribution in [2.24, 2.45) is 0 Å². The molecule has 1 aliphatic rings. The molecule has 0 fully saturated rings. The van der Waals surface area contributed by atoms with Gasteiger partial charge in [0, 0.05) is 18.2 Å². The Bertz CT molecular complexity index is 999. The molecule has 2 aromatic carbocycles. The summed E-state index contributed by atoms with van der Waals surface area (Å²) < 4.78 is 11.4. The minimum absolute atomic E-state index is 0.139. The van der Waals surface area contributed by atoms with Gasteiger partial charge in [-0.3, -0.25) is 14.9 Å². The summed E-state index contributed by atoms with van der Waals surface area (Å²) in [6.07, 6.45) is 0. The number of benzene rings is 2. The van der Waals surface area contributed by atoms with Crippen molar-refractivity contribution in [1.82, 2.24) is 4.98 Å². The second-order valence-electron chi connectivity index (χ2n) is 5.40. The smallest absolute Gasteiger partial charge is 0.257 e. The van der Waals surface area contributed by atoms with E-state index in [0.29, 0.717) is 27.9 Å². The van der Waals surface area contributed by atoms with E-state index in [-0.39, 0.29) is 18.6 Å². The lowest BCUT2D eigenvalue weighted by Crippen LogP contribution is -2.11. The molecule has 0 radical (unpaired) electrons. The molecule has 3 aromatic rings. The lowest BCUT2D eigenvalue weighted by atomic mass is 10.2. The summed E-state index contributed by atoms with van der Waals surface area (Å²) in [4.78, 5) is 27.9. The summed E-state index contributed by atoms with van der Waals surface area (Å²) >= 11 is 1.34. The molecule has 8 heteroatoms. The van der Waals surface area contributed by atoms with Crippen molar-refractivity contribution >= 4 is 44.2 Å². The summed E-state index contributed by atoms with van der Waals surface area (Å²) in [6, 6.07) is 10.4. The summed E-state index contributed by atoms with van der Waals surface area (Å²) in [5, 5.41) is 5.99. The Balaban J connectivity index is 1.55. The molecule has 7 nitrogen and oxygen atoms in total. The fourth-order valence-electron chi connectivity index (χ4n) is 2.47. The molecule has 2 heterocycles. The van der Waals surface area contributed by atoms with E-state index in [1.54, 1.807) is 30.3 Å². The normalized spacial score (nSPS) is 12.2. The molecule has 1 aliphatic heterocycles. The molecule has 2 N–H and O–H groups in total. The maximum absolute atomic E-state index is 12.4. The van der Waals surface area contributed by atoms with Gasteiger partial charge in [-0.25, -0.2) is 4.98 Å². The van der Waals surface area contributed by atoms with Crippen LogP contribution in [-0.2, 0) is 4.79 Å². The summed E-state index contributed by atoms with van der Waals surface area (Å²) in [5.41, 5.74) is 1.90. The number of nitrogens with one attached hydrogen (secondary N) is 2. The fourth-order valence-corrected chi connectivity index (χ4v) is 3.37. The summed E-state index contributed by atoms with van der Waals surface area (Å²) in [7, 11) is 0. The molecule has 0 aliphatic carbocycles. The molecule has 0 unspecified atom stereocenters. The van der Waals surface area contributed by atoms with Gasteiger partial charge >= 0.3 is 0 Å². The lowest BCUT2D eigenvalue weighted by Gasteiger charge is -2.02. The van der Waals surface area contributed by atoms with Gasteiger partial charge in [0.15, 0.2) is 16.6 Å². The van der Waals surface area contributed by atoms with Gasteiger partial charge in [0.2, 0.25) is 12.7 Å². The minimum Gasteiger partial charge on any atom is -0.454 e. The Labute approximate surface area is 146 Å². The van der Waals surface area contributed by atoms with Gasteiger partial charge in [-0.15, -0.1) is 0 Å². The zero-order valence-electron chi connectivity index (χ0n) is 13.2. The van der Waals surface area contributed by atoms with Crippen molar-refractivity contribution in [1.29, 1.82) is 0 Å². The van der Waals surface area contributed by atoms with Crippen LogP contribution in [0.25, 0.3) is 10.2 Å². The number of amides is 2. The number of nitrogens with zero attached hydrogens (tertiary/aromatic N) is 1. The highest BCUT2D eigenvalue weighted by molar-refractivity contribution is 7.22. The van der Waals surface area contributed by atoms with Crippen molar-refractivity contribution in [3.63, 3.8) is 0 Å². The van der Waals surface area contributed by atoms with Crippen LogP contribution in [0.3, 0.4) is 0 Å². The first-order chi connectivity index (χ1) is 12.1. The second kappa shape index (κ2) is 6.06. The van der Waals surface area contributed by atoms with Gasteiger partial charge in [0.05, 0.1) is 10.2 Å². The number of hydrogen-bond acceptors (Lipinski definition) is 6. The van der Waals surface area contributed by atoms with Crippen LogP contribution in [0.5, 0.6) is 11.5 Å². The highest BCUT2D eigenvalue weighted by Gasteiger charge is 2.17. The molecule has 0 spiro atoms. The van der Waals surface area contributed by atoms with Crippen LogP contribution < -0.4 is 20.1 Å². The van der Waals surface area contributed by atoms with Gasteiger partial charge in [-0.05, 0) is 36.4 Å². The molecule has 0 bridgehead atoms. The van der Waals surface area contributed by atoms with Crippen LogP contribution in [0.4, 0.5) is 10.8 Å². The summed E-state index contributed by atoms with van der Waals surface area (Å²) in [6.45, 7) is 1.61. The first kappa shape index (κ1) is 15.4. The zero-order valence-corrected chi connectivity index (χ0v) is 14.0. The Kier molecular flexibility index (Phi) is 3.73. The van der Waals surface area contributed by atoms with Gasteiger partial charge in [-0.2, -0.15) is 0 Å². The first-order valence-electron chi connectivity index (χ1n) is 7.48. The van der Waals surface area contributed by atoms with Gasteiger partial charge in [0.25, 0.3) is 5.91 Å². The van der Waals surface area contributed by atoms with Crippen LogP contribution >= 0.6 is 11.3 Å². The van der Waals surface area contributed by atoms with E-state index < -0.39 is 0 Å². The van der Waals surface area contributed by atoms with Crippen molar-refractivity contribution < 1.29 is 19.1 Å². The molecule has 0 saturated heterocycles. The molecular weight excluding hydrogens is 342 g/mol. The molecule has 4 rings (SSSR count). The number of anilines is 2. The molecular formula is C17H13N3O4S. The van der Waals surface area contributed by atoms with Crippen LogP contribution in [0.15, 0.2) is 36.4 Å². The van der Waals surface area contributed by atoms with E-state index in [0.717, 1.165) is 10.2 Å². The average molecular weight is 355 g/mol. The lowest BCUT2D eigenvalue weighted by molar-refractivity contribution is -0.114. The Morgan fingerprint density at radius 3 is 2.76 bits per heavy atom. The number of carbonyl (C=O) groups excluding carboxylic acids is 2. The van der Waals surface area contributed by atoms with Crippen LogP contribution in [-0.4, -0.2) is 23.6 Å². The molecule has 1 aromatic heterocycles. The molecule has 0 atom stereocenters. The highest BCUT2D eigenvalue weighted by Crippen LogP contribution is 2.33. The Hall–Kier alpha value is -3.13. The van der Waals surface area contributed by atoms with Crippen LogP contribution in [0, 0.1) is 0 Å². The van der Waals surface area contributed by atoms with E-state index in [1.807, 2.05) is 6.07 Å². The van der Waals surface area contributed by atoms with E-state index >= 15 is 0 Å². The summed E-state index contributed by atoms with van der Waals surface area (Å²) in [5.74, 6) is 0.763. The quantitative estimate of drug-likeness (QED) is 0.753. The average Bonchev–Trinajstić information content (AvgIpc) is 3.18. The third kappa shape index (κ3) is 3.11. The molecule has 126 valence electrons. The SMILES string of the molecule is CC(=O)Nc1ccc2nc(NC(=O)c3ccc4c(c3)OCO4)sc2c1. The zero-order chi connectivity index (χ0) is 17.4. The third-order valence-electron chi connectivity index (χ3n) is 3.56. The number of rotatable bonds is 3. The molecule has 0 saturated carbocycles. The number of carbonyl (C=O) groups is 2. The fraction of sp³-hybridized carbons (Fsp3) is 0.118. The van der Waals surface area contributed by atoms with E-state index in [4.69, 9.17) is 9.47 Å². The van der Waals surface area contributed by atoms with Gasteiger partial charge in [0.1, 0.15) is 0 Å². The predicted molar refractivity (Wildman–Crippen MR) is 94.4 cm³/mol. The van der Waals surface area contributed by atoms with E-state index in [1.165, 1.54) is 18.3 Å². The maximum Gasteiger partial charge on any atom is 0.257 e. The first-order valence-corrected chi connectivity index (χ1v) is 8.29. The topological polar surface area (TPSA) is 89.6 Å². The highest BCUT2D eigenvalue weighted by atomic mass is 32.1. The second-order valence-corrected chi connectivity index (χ2v) is 6.44. The predicted octanol–water partition coefficient (Wildman–Crippen LogP) is 3.24.